The molecule has 3 nitrogen and oxygen atoms in total. The topological polar surface area (TPSA) is 46.5 Å². The first kappa shape index (κ1) is 11.7. The summed E-state index contributed by atoms with van der Waals surface area (Å²) in [6.45, 7) is 1.64. The van der Waals surface area contributed by atoms with Gasteiger partial charge in [-0.25, -0.2) is 0 Å². The van der Waals surface area contributed by atoms with Crippen molar-refractivity contribution in [3.63, 3.8) is 0 Å². The van der Waals surface area contributed by atoms with Gasteiger partial charge in [-0.15, -0.1) is 11.3 Å². The van der Waals surface area contributed by atoms with Crippen molar-refractivity contribution in [1.82, 2.24) is 0 Å². The molecule has 0 amide bonds. The molecule has 0 aliphatic heterocycles. The molecule has 2 atom stereocenters. The summed E-state index contributed by atoms with van der Waals surface area (Å²) >= 11 is 4.71. The SMILES string of the molecule is COC(=O)C(C)C(O)c1ccc(Br)s1. The Balaban J connectivity index is 2.74. The third kappa shape index (κ3) is 2.56. The Morgan fingerprint density at radius 1 is 1.64 bits per heavy atom. The van der Waals surface area contributed by atoms with E-state index in [0.29, 0.717) is 0 Å². The minimum absolute atomic E-state index is 0.401. The van der Waals surface area contributed by atoms with Crippen LogP contribution < -0.4 is 0 Å². The second-order valence-electron chi connectivity index (χ2n) is 2.90. The third-order valence-electron chi connectivity index (χ3n) is 1.93. The normalized spacial score (nSPS) is 14.9. The molecule has 14 heavy (non-hydrogen) atoms. The van der Waals surface area contributed by atoms with Crippen LogP contribution in [-0.4, -0.2) is 18.2 Å². The summed E-state index contributed by atoms with van der Waals surface area (Å²) in [7, 11) is 1.32. The van der Waals surface area contributed by atoms with Gasteiger partial charge in [-0.1, -0.05) is 0 Å². The van der Waals surface area contributed by atoms with Gasteiger partial charge in [-0.05, 0) is 35.0 Å². The lowest BCUT2D eigenvalue weighted by atomic mass is 10.0. The van der Waals surface area contributed by atoms with Gasteiger partial charge in [0.1, 0.15) is 6.10 Å². The first-order valence-corrected chi connectivity index (χ1v) is 5.68. The quantitative estimate of drug-likeness (QED) is 0.864. The average molecular weight is 279 g/mol. The number of methoxy groups -OCH3 is 1. The molecule has 0 spiro atoms. The van der Waals surface area contributed by atoms with Crippen molar-refractivity contribution in [2.45, 2.75) is 13.0 Å². The second kappa shape index (κ2) is 4.91. The zero-order valence-electron chi connectivity index (χ0n) is 7.86. The van der Waals surface area contributed by atoms with E-state index in [1.807, 2.05) is 6.07 Å². The molecule has 0 aliphatic carbocycles. The maximum absolute atomic E-state index is 11.1. The zero-order valence-corrected chi connectivity index (χ0v) is 10.3. The lowest BCUT2D eigenvalue weighted by molar-refractivity contribution is -0.148. The molecule has 1 heterocycles. The van der Waals surface area contributed by atoms with Crippen molar-refractivity contribution < 1.29 is 14.6 Å². The molecule has 0 saturated carbocycles. The Labute approximate surface area is 94.8 Å². The molecule has 78 valence electrons. The molecule has 2 unspecified atom stereocenters. The molecule has 1 aromatic heterocycles. The first-order chi connectivity index (χ1) is 6.56. The van der Waals surface area contributed by atoms with E-state index in [1.165, 1.54) is 18.4 Å². The Hall–Kier alpha value is -0.390. The predicted octanol–water partition coefficient (Wildman–Crippen LogP) is 2.35. The standard InChI is InChI=1S/C9H11BrO3S/c1-5(9(12)13-2)8(11)6-3-4-7(10)14-6/h3-5,8,11H,1-2H3. The van der Waals surface area contributed by atoms with Crippen LogP contribution in [0, 0.1) is 5.92 Å². The number of carbonyl (C=O) groups excluding carboxylic acids is 1. The number of hydrogen-bond acceptors (Lipinski definition) is 4. The Bertz CT molecular complexity index is 324. The van der Waals surface area contributed by atoms with E-state index in [0.717, 1.165) is 8.66 Å². The number of aliphatic hydroxyl groups is 1. The number of ether oxygens (including phenoxy) is 1. The summed E-state index contributed by atoms with van der Waals surface area (Å²) in [5.41, 5.74) is 0. The lowest BCUT2D eigenvalue weighted by Crippen LogP contribution is -2.19. The van der Waals surface area contributed by atoms with E-state index in [2.05, 4.69) is 20.7 Å². The third-order valence-corrected chi connectivity index (χ3v) is 3.63. The fraction of sp³-hybridized carbons (Fsp3) is 0.444. The highest BCUT2D eigenvalue weighted by Crippen LogP contribution is 2.31. The molecular weight excluding hydrogens is 268 g/mol. The summed E-state index contributed by atoms with van der Waals surface area (Å²) in [5, 5.41) is 9.79. The zero-order chi connectivity index (χ0) is 10.7. The summed E-state index contributed by atoms with van der Waals surface area (Å²) in [6, 6.07) is 3.63. The highest BCUT2D eigenvalue weighted by atomic mass is 79.9. The van der Waals surface area contributed by atoms with Crippen LogP contribution in [0.2, 0.25) is 0 Å². The van der Waals surface area contributed by atoms with Gasteiger partial charge in [0.15, 0.2) is 0 Å². The predicted molar refractivity (Wildman–Crippen MR) is 58.2 cm³/mol. The van der Waals surface area contributed by atoms with E-state index in [-0.39, 0.29) is 0 Å². The second-order valence-corrected chi connectivity index (χ2v) is 5.39. The van der Waals surface area contributed by atoms with Gasteiger partial charge in [-0.3, -0.25) is 4.79 Å². The lowest BCUT2D eigenvalue weighted by Gasteiger charge is -2.14. The number of thiophene rings is 1. The maximum atomic E-state index is 11.1. The summed E-state index contributed by atoms with van der Waals surface area (Å²) in [5.74, 6) is -0.937. The number of rotatable bonds is 3. The van der Waals surface area contributed by atoms with Gasteiger partial charge >= 0.3 is 5.97 Å². The molecule has 0 saturated heterocycles. The van der Waals surface area contributed by atoms with Gasteiger partial charge < -0.3 is 9.84 Å². The number of esters is 1. The van der Waals surface area contributed by atoms with Crippen LogP contribution in [0.15, 0.2) is 15.9 Å². The molecule has 0 aromatic carbocycles. The molecular formula is C9H11BrO3S. The van der Waals surface area contributed by atoms with E-state index in [4.69, 9.17) is 0 Å². The van der Waals surface area contributed by atoms with Gasteiger partial charge in [-0.2, -0.15) is 0 Å². The van der Waals surface area contributed by atoms with Crippen LogP contribution in [0.1, 0.15) is 17.9 Å². The fourth-order valence-electron chi connectivity index (χ4n) is 1.05. The highest BCUT2D eigenvalue weighted by Gasteiger charge is 2.25. The highest BCUT2D eigenvalue weighted by molar-refractivity contribution is 9.11. The van der Waals surface area contributed by atoms with Crippen LogP contribution in [0.3, 0.4) is 0 Å². The molecule has 0 bridgehead atoms. The van der Waals surface area contributed by atoms with Gasteiger partial charge in [0.2, 0.25) is 0 Å². The van der Waals surface area contributed by atoms with Gasteiger partial charge in [0.05, 0.1) is 16.8 Å². The van der Waals surface area contributed by atoms with Gasteiger partial charge in [0, 0.05) is 4.88 Å². The van der Waals surface area contributed by atoms with Crippen LogP contribution >= 0.6 is 27.3 Å². The van der Waals surface area contributed by atoms with E-state index in [9.17, 15) is 9.90 Å². The largest absolute Gasteiger partial charge is 0.469 e. The molecule has 0 fully saturated rings. The first-order valence-electron chi connectivity index (χ1n) is 4.07. The molecule has 1 aromatic rings. The van der Waals surface area contributed by atoms with Crippen molar-refractivity contribution >= 4 is 33.2 Å². The average Bonchev–Trinajstić information content (AvgIpc) is 2.61. The Morgan fingerprint density at radius 3 is 2.71 bits per heavy atom. The molecule has 5 heteroatoms. The minimum atomic E-state index is -0.793. The van der Waals surface area contributed by atoms with Crippen molar-refractivity contribution in [2.75, 3.05) is 7.11 Å². The van der Waals surface area contributed by atoms with E-state index in [1.54, 1.807) is 13.0 Å². The molecule has 0 radical (unpaired) electrons. The van der Waals surface area contributed by atoms with E-state index < -0.39 is 18.0 Å². The van der Waals surface area contributed by atoms with Crippen molar-refractivity contribution in [3.8, 4) is 0 Å². The molecule has 0 aliphatic rings. The van der Waals surface area contributed by atoms with Crippen molar-refractivity contribution in [3.05, 3.63) is 20.8 Å². The van der Waals surface area contributed by atoms with Crippen LogP contribution in [0.5, 0.6) is 0 Å². The molecule has 1 N–H and O–H groups in total. The van der Waals surface area contributed by atoms with Crippen molar-refractivity contribution in [2.24, 2.45) is 5.92 Å². The number of halogens is 1. The summed E-state index contributed by atoms with van der Waals surface area (Å²) in [6.07, 6.45) is -0.793. The number of hydrogen-bond donors (Lipinski definition) is 1. The smallest absolute Gasteiger partial charge is 0.311 e. The summed E-state index contributed by atoms with van der Waals surface area (Å²) in [4.78, 5) is 11.9. The van der Waals surface area contributed by atoms with Crippen LogP contribution in [0.4, 0.5) is 0 Å². The number of carbonyl (C=O) groups is 1. The van der Waals surface area contributed by atoms with Crippen LogP contribution in [-0.2, 0) is 9.53 Å². The number of aliphatic hydroxyl groups excluding tert-OH is 1. The Morgan fingerprint density at radius 2 is 2.29 bits per heavy atom. The monoisotopic (exact) mass is 278 g/mol. The van der Waals surface area contributed by atoms with E-state index >= 15 is 0 Å². The maximum Gasteiger partial charge on any atom is 0.311 e. The summed E-state index contributed by atoms with van der Waals surface area (Å²) < 4.78 is 5.49. The molecule has 1 rings (SSSR count). The Kier molecular flexibility index (Phi) is 4.10. The van der Waals surface area contributed by atoms with Crippen LogP contribution in [0.25, 0.3) is 0 Å². The van der Waals surface area contributed by atoms with Gasteiger partial charge in [0.25, 0.3) is 0 Å². The minimum Gasteiger partial charge on any atom is -0.469 e. The fourth-order valence-corrected chi connectivity index (χ4v) is 2.56. The van der Waals surface area contributed by atoms with Crippen molar-refractivity contribution in [1.29, 1.82) is 0 Å².